The van der Waals surface area contributed by atoms with Crippen LogP contribution in [0.5, 0.6) is 0 Å². The van der Waals surface area contributed by atoms with Gasteiger partial charge in [0, 0.05) is 18.4 Å². The topological polar surface area (TPSA) is 38.7 Å². The molecule has 0 radical (unpaired) electrons. The van der Waals surface area contributed by atoms with Crippen LogP contribution in [0.3, 0.4) is 0 Å². The Morgan fingerprint density at radius 3 is 2.61 bits per heavy atom. The summed E-state index contributed by atoms with van der Waals surface area (Å²) in [5.41, 5.74) is 0.473. The number of aliphatic hydroxyl groups is 1. The predicted octanol–water partition coefficient (Wildman–Crippen LogP) is 2.54. The third kappa shape index (κ3) is 1.94. The first-order chi connectivity index (χ1) is 8.74. The maximum Gasteiger partial charge on any atom is 0.169 e. The van der Waals surface area contributed by atoms with E-state index in [0.29, 0.717) is 5.56 Å². The van der Waals surface area contributed by atoms with Crippen LogP contribution in [0.2, 0.25) is 0 Å². The van der Waals surface area contributed by atoms with E-state index in [2.05, 4.69) is 0 Å². The Morgan fingerprint density at radius 2 is 1.94 bits per heavy atom. The van der Waals surface area contributed by atoms with Crippen molar-refractivity contribution in [3.05, 3.63) is 35.6 Å². The fraction of sp³-hybridized carbons (Fsp3) is 0.571. The van der Waals surface area contributed by atoms with E-state index >= 15 is 0 Å². The lowest BCUT2D eigenvalue weighted by Crippen LogP contribution is -2.27. The van der Waals surface area contributed by atoms with Crippen LogP contribution in [0.15, 0.2) is 24.3 Å². The number of rotatable bonds is 2. The van der Waals surface area contributed by atoms with Gasteiger partial charge in [-0.3, -0.25) is 0 Å². The van der Waals surface area contributed by atoms with Gasteiger partial charge in [0.1, 0.15) is 18.0 Å². The van der Waals surface area contributed by atoms with Crippen molar-refractivity contribution in [1.82, 2.24) is 0 Å². The number of hydrogen-bond acceptors (Lipinski definition) is 3. The van der Waals surface area contributed by atoms with Crippen molar-refractivity contribution in [3.63, 3.8) is 0 Å². The van der Waals surface area contributed by atoms with E-state index in [1.165, 1.54) is 6.07 Å². The Hall–Kier alpha value is -0.970. The Bertz CT molecular complexity index is 429. The van der Waals surface area contributed by atoms with Crippen LogP contribution in [0, 0.1) is 5.82 Å². The second-order valence-electron chi connectivity index (χ2n) is 5.02. The maximum absolute atomic E-state index is 13.8. The summed E-state index contributed by atoms with van der Waals surface area (Å²) in [7, 11) is 0. The van der Waals surface area contributed by atoms with Crippen LogP contribution in [0.25, 0.3) is 0 Å². The van der Waals surface area contributed by atoms with E-state index in [4.69, 9.17) is 9.47 Å². The molecule has 1 heterocycles. The van der Waals surface area contributed by atoms with Gasteiger partial charge in [-0.2, -0.15) is 0 Å². The second-order valence-corrected chi connectivity index (χ2v) is 5.02. The second kappa shape index (κ2) is 4.61. The van der Waals surface area contributed by atoms with Gasteiger partial charge in [0.25, 0.3) is 0 Å². The smallest absolute Gasteiger partial charge is 0.169 e. The van der Waals surface area contributed by atoms with Crippen molar-refractivity contribution in [2.24, 2.45) is 0 Å². The van der Waals surface area contributed by atoms with Crippen molar-refractivity contribution in [1.29, 1.82) is 0 Å². The highest BCUT2D eigenvalue weighted by atomic mass is 19.1. The average Bonchev–Trinajstić information content (AvgIpc) is 2.98. The molecule has 1 aliphatic carbocycles. The Labute approximate surface area is 106 Å². The summed E-state index contributed by atoms with van der Waals surface area (Å²) in [6, 6.07) is 6.52. The monoisotopic (exact) mass is 252 g/mol. The molecule has 1 spiro atoms. The van der Waals surface area contributed by atoms with E-state index in [9.17, 15) is 9.50 Å². The molecule has 1 saturated heterocycles. The fourth-order valence-corrected chi connectivity index (χ4v) is 2.92. The molecule has 1 aromatic rings. The first-order valence-electron chi connectivity index (χ1n) is 6.45. The van der Waals surface area contributed by atoms with E-state index in [1.807, 2.05) is 0 Å². The number of aliphatic hydroxyl groups excluding tert-OH is 1. The molecule has 0 bridgehead atoms. The molecular formula is C14H17FO3. The van der Waals surface area contributed by atoms with Gasteiger partial charge in [0.2, 0.25) is 0 Å². The van der Waals surface area contributed by atoms with Gasteiger partial charge in [-0.15, -0.1) is 0 Å². The first-order valence-corrected chi connectivity index (χ1v) is 6.45. The number of hydrogen-bond donors (Lipinski definition) is 1. The van der Waals surface area contributed by atoms with E-state index in [0.717, 1.165) is 25.7 Å². The molecule has 3 rings (SSSR count). The Kier molecular flexibility index (Phi) is 3.09. The van der Waals surface area contributed by atoms with E-state index in [-0.39, 0.29) is 12.4 Å². The SMILES string of the molecule is OC[C@H]1OC2(CCCC2)O[C@@H]1c1ccccc1F. The van der Waals surface area contributed by atoms with Gasteiger partial charge in [-0.1, -0.05) is 18.2 Å². The summed E-state index contributed by atoms with van der Waals surface area (Å²) < 4.78 is 25.6. The normalized spacial score (nSPS) is 30.1. The minimum Gasteiger partial charge on any atom is -0.394 e. The zero-order chi connectivity index (χ0) is 12.6. The van der Waals surface area contributed by atoms with Crippen molar-refractivity contribution in [2.75, 3.05) is 6.61 Å². The van der Waals surface area contributed by atoms with E-state index < -0.39 is 18.0 Å². The van der Waals surface area contributed by atoms with Crippen LogP contribution < -0.4 is 0 Å². The molecule has 1 aromatic carbocycles. The molecule has 18 heavy (non-hydrogen) atoms. The molecule has 3 nitrogen and oxygen atoms in total. The minimum atomic E-state index is -0.597. The first kappa shape index (κ1) is 12.1. The zero-order valence-electron chi connectivity index (χ0n) is 10.1. The molecule has 1 saturated carbocycles. The minimum absolute atomic E-state index is 0.152. The van der Waals surface area contributed by atoms with Crippen LogP contribution in [-0.2, 0) is 9.47 Å². The number of benzene rings is 1. The van der Waals surface area contributed by atoms with Crippen molar-refractivity contribution in [3.8, 4) is 0 Å². The largest absolute Gasteiger partial charge is 0.394 e. The lowest BCUT2D eigenvalue weighted by molar-refractivity contribution is -0.172. The molecule has 2 aliphatic rings. The van der Waals surface area contributed by atoms with E-state index in [1.54, 1.807) is 18.2 Å². The molecule has 1 aliphatic heterocycles. The predicted molar refractivity (Wildman–Crippen MR) is 63.4 cm³/mol. The molecule has 1 N–H and O–H groups in total. The maximum atomic E-state index is 13.8. The molecular weight excluding hydrogens is 235 g/mol. The molecule has 98 valence electrons. The molecule has 2 fully saturated rings. The lowest BCUT2D eigenvalue weighted by Gasteiger charge is -2.22. The van der Waals surface area contributed by atoms with Gasteiger partial charge in [-0.25, -0.2) is 4.39 Å². The Morgan fingerprint density at radius 1 is 1.22 bits per heavy atom. The highest BCUT2D eigenvalue weighted by Gasteiger charge is 2.49. The summed E-state index contributed by atoms with van der Waals surface area (Å²) in [5, 5.41) is 9.40. The van der Waals surface area contributed by atoms with Crippen molar-refractivity contribution < 1.29 is 19.0 Å². The van der Waals surface area contributed by atoms with Crippen LogP contribution >= 0.6 is 0 Å². The van der Waals surface area contributed by atoms with Crippen molar-refractivity contribution >= 4 is 0 Å². The van der Waals surface area contributed by atoms with Gasteiger partial charge in [0.05, 0.1) is 6.61 Å². The summed E-state index contributed by atoms with van der Waals surface area (Å²) in [6.45, 7) is -0.152. The highest BCUT2D eigenvalue weighted by Crippen LogP contribution is 2.47. The summed E-state index contributed by atoms with van der Waals surface area (Å²) in [5.74, 6) is -0.903. The number of ether oxygens (including phenoxy) is 2. The molecule has 0 amide bonds. The summed E-state index contributed by atoms with van der Waals surface area (Å²) in [4.78, 5) is 0. The van der Waals surface area contributed by atoms with Gasteiger partial charge >= 0.3 is 0 Å². The average molecular weight is 252 g/mol. The van der Waals surface area contributed by atoms with Crippen LogP contribution in [0.4, 0.5) is 4.39 Å². The molecule has 0 unspecified atom stereocenters. The third-order valence-electron chi connectivity index (χ3n) is 3.80. The van der Waals surface area contributed by atoms with Gasteiger partial charge in [0.15, 0.2) is 5.79 Å². The lowest BCUT2D eigenvalue weighted by atomic mass is 10.0. The third-order valence-corrected chi connectivity index (χ3v) is 3.80. The zero-order valence-corrected chi connectivity index (χ0v) is 10.1. The van der Waals surface area contributed by atoms with Crippen LogP contribution in [0.1, 0.15) is 37.4 Å². The molecule has 4 heteroatoms. The van der Waals surface area contributed by atoms with Crippen LogP contribution in [-0.4, -0.2) is 23.6 Å². The Balaban J connectivity index is 1.89. The summed E-state index contributed by atoms with van der Waals surface area (Å²) >= 11 is 0. The van der Waals surface area contributed by atoms with Gasteiger partial charge < -0.3 is 14.6 Å². The molecule has 2 atom stereocenters. The van der Waals surface area contributed by atoms with Gasteiger partial charge in [-0.05, 0) is 18.9 Å². The quantitative estimate of drug-likeness (QED) is 0.879. The standard InChI is InChI=1S/C14H17FO3/c15-11-6-2-1-5-10(11)13-12(9-16)17-14(18-13)7-3-4-8-14/h1-2,5-6,12-13,16H,3-4,7-9H2/t12-,13-/m1/s1. The fourth-order valence-electron chi connectivity index (χ4n) is 2.92. The molecule has 0 aromatic heterocycles. The highest BCUT2D eigenvalue weighted by molar-refractivity contribution is 5.22. The summed E-state index contributed by atoms with van der Waals surface area (Å²) in [6.07, 6.45) is 2.79. The van der Waals surface area contributed by atoms with Crippen molar-refractivity contribution in [2.45, 2.75) is 43.7 Å². The number of halogens is 1.